The minimum atomic E-state index is -0.287. The lowest BCUT2D eigenvalue weighted by Crippen LogP contribution is -2.41. The maximum atomic E-state index is 5.90. The largest absolute Gasteiger partial charge is 0.476 e. The van der Waals surface area contributed by atoms with Gasteiger partial charge in [0.15, 0.2) is 0 Å². The van der Waals surface area contributed by atoms with Crippen LogP contribution in [0.1, 0.15) is 20.3 Å². The molecule has 0 saturated heterocycles. The Labute approximate surface area is 78.1 Å². The zero-order valence-corrected chi connectivity index (χ0v) is 8.03. The highest BCUT2D eigenvalue weighted by Crippen LogP contribution is 2.08. The van der Waals surface area contributed by atoms with Crippen molar-refractivity contribution < 1.29 is 4.74 Å². The van der Waals surface area contributed by atoms with Crippen molar-refractivity contribution in [2.24, 2.45) is 5.73 Å². The molecule has 0 bridgehead atoms. The molecule has 1 rings (SSSR count). The first-order valence-corrected chi connectivity index (χ1v) is 4.32. The topological polar surface area (TPSA) is 61.0 Å². The molecule has 1 heterocycles. The molecule has 0 aliphatic rings. The van der Waals surface area contributed by atoms with Crippen molar-refractivity contribution in [3.63, 3.8) is 0 Å². The maximum Gasteiger partial charge on any atom is 0.216 e. The monoisotopic (exact) mass is 181 g/mol. The molecule has 0 aliphatic heterocycles. The zero-order valence-electron chi connectivity index (χ0n) is 8.03. The molecule has 0 radical (unpaired) electrons. The van der Waals surface area contributed by atoms with Gasteiger partial charge in [0.2, 0.25) is 5.88 Å². The number of hydrogen-bond acceptors (Lipinski definition) is 4. The Morgan fingerprint density at radius 2 is 2.38 bits per heavy atom. The molecule has 0 saturated carbocycles. The first kappa shape index (κ1) is 9.92. The normalized spacial score (nSPS) is 15.0. The van der Waals surface area contributed by atoms with Crippen molar-refractivity contribution in [1.82, 2.24) is 9.97 Å². The quantitative estimate of drug-likeness (QED) is 0.752. The lowest BCUT2D eigenvalue weighted by Gasteiger charge is -2.22. The molecule has 2 N–H and O–H groups in total. The van der Waals surface area contributed by atoms with Crippen molar-refractivity contribution >= 4 is 0 Å². The van der Waals surface area contributed by atoms with Crippen LogP contribution in [0.25, 0.3) is 0 Å². The molecule has 0 aliphatic carbocycles. The van der Waals surface area contributed by atoms with E-state index in [2.05, 4.69) is 9.97 Å². The molecule has 0 amide bonds. The second kappa shape index (κ2) is 4.18. The van der Waals surface area contributed by atoms with E-state index in [1.807, 2.05) is 13.8 Å². The van der Waals surface area contributed by atoms with Crippen LogP contribution in [0, 0.1) is 0 Å². The van der Waals surface area contributed by atoms with Crippen LogP contribution in [0.2, 0.25) is 0 Å². The molecular formula is C9H15N3O. The van der Waals surface area contributed by atoms with Crippen LogP contribution in [0.4, 0.5) is 0 Å². The second-order valence-electron chi connectivity index (χ2n) is 3.34. The fourth-order valence-electron chi connectivity index (χ4n) is 0.705. The minimum absolute atomic E-state index is 0.287. The van der Waals surface area contributed by atoms with E-state index in [4.69, 9.17) is 10.5 Å². The predicted molar refractivity (Wildman–Crippen MR) is 50.4 cm³/mol. The van der Waals surface area contributed by atoms with Crippen LogP contribution < -0.4 is 10.5 Å². The van der Waals surface area contributed by atoms with E-state index in [1.165, 1.54) is 6.33 Å². The minimum Gasteiger partial charge on any atom is -0.476 e. The summed E-state index contributed by atoms with van der Waals surface area (Å²) in [6, 6.07) is 1.71. The molecular weight excluding hydrogens is 166 g/mol. The number of nitrogens with two attached hydrogens (primary N) is 1. The highest BCUT2D eigenvalue weighted by molar-refractivity contribution is 5.04. The predicted octanol–water partition coefficient (Wildman–Crippen LogP) is 0.983. The number of aromatic nitrogens is 2. The Kier molecular flexibility index (Phi) is 3.19. The fraction of sp³-hybridized carbons (Fsp3) is 0.556. The van der Waals surface area contributed by atoms with Gasteiger partial charge in [0.25, 0.3) is 0 Å². The van der Waals surface area contributed by atoms with Gasteiger partial charge in [0, 0.05) is 17.8 Å². The van der Waals surface area contributed by atoms with Gasteiger partial charge in [-0.1, -0.05) is 6.92 Å². The first-order valence-electron chi connectivity index (χ1n) is 4.32. The Balaban J connectivity index is 2.44. The summed E-state index contributed by atoms with van der Waals surface area (Å²) in [5.74, 6) is 0.570. The van der Waals surface area contributed by atoms with Gasteiger partial charge in [-0.05, 0) is 13.3 Å². The number of nitrogens with zero attached hydrogens (tertiary/aromatic N) is 2. The summed E-state index contributed by atoms with van der Waals surface area (Å²) in [5.41, 5.74) is 5.61. The molecule has 13 heavy (non-hydrogen) atoms. The van der Waals surface area contributed by atoms with Crippen molar-refractivity contribution in [2.75, 3.05) is 6.61 Å². The molecule has 0 spiro atoms. The van der Waals surface area contributed by atoms with Gasteiger partial charge in [0.05, 0.1) is 0 Å². The highest BCUT2D eigenvalue weighted by Gasteiger charge is 2.16. The Morgan fingerprint density at radius 1 is 1.62 bits per heavy atom. The standard InChI is InChI=1S/C9H15N3O/c1-3-9(2,10)6-13-8-4-5-11-7-12-8/h4-5,7H,3,6,10H2,1-2H3. The summed E-state index contributed by atoms with van der Waals surface area (Å²) in [4.78, 5) is 7.71. The lowest BCUT2D eigenvalue weighted by molar-refractivity contribution is 0.218. The Hall–Kier alpha value is -1.16. The average molecular weight is 181 g/mol. The Morgan fingerprint density at radius 3 is 2.92 bits per heavy atom. The van der Waals surface area contributed by atoms with Crippen molar-refractivity contribution in [3.8, 4) is 5.88 Å². The van der Waals surface area contributed by atoms with Crippen LogP contribution in [0.5, 0.6) is 5.88 Å². The number of ether oxygens (including phenoxy) is 1. The molecule has 4 heteroatoms. The van der Waals surface area contributed by atoms with E-state index in [0.29, 0.717) is 12.5 Å². The van der Waals surface area contributed by atoms with Gasteiger partial charge in [-0.3, -0.25) is 0 Å². The third-order valence-corrected chi connectivity index (χ3v) is 1.91. The average Bonchev–Trinajstić information content (AvgIpc) is 2.17. The SMILES string of the molecule is CCC(C)(N)COc1ccncn1. The smallest absolute Gasteiger partial charge is 0.216 e. The van der Waals surface area contributed by atoms with E-state index < -0.39 is 0 Å². The van der Waals surface area contributed by atoms with E-state index in [1.54, 1.807) is 12.3 Å². The third-order valence-electron chi connectivity index (χ3n) is 1.91. The van der Waals surface area contributed by atoms with Gasteiger partial charge < -0.3 is 10.5 Å². The summed E-state index contributed by atoms with van der Waals surface area (Å²) in [6.07, 6.45) is 3.97. The number of hydrogen-bond donors (Lipinski definition) is 1. The van der Waals surface area contributed by atoms with Crippen LogP contribution in [-0.4, -0.2) is 22.1 Å². The fourth-order valence-corrected chi connectivity index (χ4v) is 0.705. The summed E-state index contributed by atoms with van der Waals surface area (Å²) in [6.45, 7) is 4.46. The summed E-state index contributed by atoms with van der Waals surface area (Å²) in [5, 5.41) is 0. The summed E-state index contributed by atoms with van der Waals surface area (Å²) < 4.78 is 5.39. The number of rotatable bonds is 4. The molecule has 0 aromatic carbocycles. The third kappa shape index (κ3) is 3.38. The molecule has 72 valence electrons. The summed E-state index contributed by atoms with van der Waals surface area (Å²) in [7, 11) is 0. The molecule has 1 atom stereocenters. The lowest BCUT2D eigenvalue weighted by atomic mass is 10.0. The van der Waals surface area contributed by atoms with Crippen LogP contribution >= 0.6 is 0 Å². The van der Waals surface area contributed by atoms with Crippen LogP contribution in [-0.2, 0) is 0 Å². The molecule has 4 nitrogen and oxygen atoms in total. The van der Waals surface area contributed by atoms with E-state index in [9.17, 15) is 0 Å². The van der Waals surface area contributed by atoms with Gasteiger partial charge >= 0.3 is 0 Å². The maximum absolute atomic E-state index is 5.90. The van der Waals surface area contributed by atoms with E-state index in [-0.39, 0.29) is 5.54 Å². The highest BCUT2D eigenvalue weighted by atomic mass is 16.5. The van der Waals surface area contributed by atoms with E-state index in [0.717, 1.165) is 6.42 Å². The van der Waals surface area contributed by atoms with Crippen molar-refractivity contribution in [2.45, 2.75) is 25.8 Å². The van der Waals surface area contributed by atoms with E-state index >= 15 is 0 Å². The molecule has 1 aromatic rings. The Bertz CT molecular complexity index is 248. The zero-order chi connectivity index (χ0) is 9.73. The van der Waals surface area contributed by atoms with Gasteiger partial charge in [0.1, 0.15) is 12.9 Å². The van der Waals surface area contributed by atoms with Crippen LogP contribution in [0.3, 0.4) is 0 Å². The van der Waals surface area contributed by atoms with Crippen molar-refractivity contribution in [3.05, 3.63) is 18.6 Å². The second-order valence-corrected chi connectivity index (χ2v) is 3.34. The summed E-state index contributed by atoms with van der Waals surface area (Å²) >= 11 is 0. The van der Waals surface area contributed by atoms with Crippen molar-refractivity contribution in [1.29, 1.82) is 0 Å². The van der Waals surface area contributed by atoms with Gasteiger partial charge in [-0.25, -0.2) is 9.97 Å². The first-order chi connectivity index (χ1) is 6.14. The van der Waals surface area contributed by atoms with Crippen LogP contribution in [0.15, 0.2) is 18.6 Å². The van der Waals surface area contributed by atoms with Gasteiger partial charge in [-0.15, -0.1) is 0 Å². The van der Waals surface area contributed by atoms with Gasteiger partial charge in [-0.2, -0.15) is 0 Å². The molecule has 1 unspecified atom stereocenters. The molecule has 0 fully saturated rings. The molecule has 1 aromatic heterocycles.